The molecular weight excluding hydrogens is 155 g/mol. The normalized spacial score (nSPS) is 9.75. The second kappa shape index (κ2) is 3.34. The van der Waals surface area contributed by atoms with Gasteiger partial charge in [0.2, 0.25) is 0 Å². The van der Waals surface area contributed by atoms with E-state index in [0.29, 0.717) is 12.3 Å². The van der Waals surface area contributed by atoms with Crippen LogP contribution in [0.15, 0.2) is 12.1 Å². The zero-order valence-corrected chi connectivity index (χ0v) is 7.20. The number of carbonyl (C=O) groups excluding carboxylic acids is 1. The number of nitrogen functional groups attached to an aromatic ring is 1. The molecule has 0 aromatic carbocycles. The van der Waals surface area contributed by atoms with Gasteiger partial charge in [0.1, 0.15) is 5.69 Å². The standard InChI is InChI=1S/C7H11BN2O2/c1-2-12-7(11)5-3-4-6(8)10(5)9/h3-4H,2,8-9H2,1H3. The van der Waals surface area contributed by atoms with Gasteiger partial charge in [-0.25, -0.2) is 4.79 Å². The van der Waals surface area contributed by atoms with E-state index in [1.54, 1.807) is 19.1 Å². The summed E-state index contributed by atoms with van der Waals surface area (Å²) in [5.41, 5.74) is 1.22. The van der Waals surface area contributed by atoms with Crippen LogP contribution in [0, 0.1) is 0 Å². The topological polar surface area (TPSA) is 57.2 Å². The molecule has 0 saturated heterocycles. The Labute approximate surface area is 71.7 Å². The molecule has 0 aliphatic rings. The van der Waals surface area contributed by atoms with Gasteiger partial charge in [0, 0.05) is 0 Å². The predicted octanol–water partition coefficient (Wildman–Crippen LogP) is -1.36. The van der Waals surface area contributed by atoms with Crippen molar-refractivity contribution in [2.24, 2.45) is 0 Å². The Morgan fingerprint density at radius 3 is 2.83 bits per heavy atom. The van der Waals surface area contributed by atoms with Gasteiger partial charge < -0.3 is 10.6 Å². The van der Waals surface area contributed by atoms with Crippen molar-refractivity contribution < 1.29 is 9.53 Å². The Morgan fingerprint density at radius 1 is 1.75 bits per heavy atom. The highest BCUT2D eigenvalue weighted by atomic mass is 16.5. The maximum Gasteiger partial charge on any atom is 0.356 e. The van der Waals surface area contributed by atoms with E-state index in [0.717, 1.165) is 5.59 Å². The molecule has 0 aliphatic heterocycles. The maximum atomic E-state index is 11.2. The smallest absolute Gasteiger partial charge is 0.356 e. The van der Waals surface area contributed by atoms with Gasteiger partial charge in [-0.3, -0.25) is 4.68 Å². The molecule has 0 atom stereocenters. The van der Waals surface area contributed by atoms with Crippen molar-refractivity contribution in [3.63, 3.8) is 0 Å². The molecule has 0 amide bonds. The molecule has 0 unspecified atom stereocenters. The fourth-order valence-corrected chi connectivity index (χ4v) is 0.922. The van der Waals surface area contributed by atoms with Crippen molar-refractivity contribution in [1.82, 2.24) is 4.68 Å². The van der Waals surface area contributed by atoms with Crippen molar-refractivity contribution >= 4 is 19.4 Å². The Balaban J connectivity index is 2.88. The van der Waals surface area contributed by atoms with Crippen molar-refractivity contribution in [2.45, 2.75) is 6.92 Å². The molecule has 0 saturated carbocycles. The van der Waals surface area contributed by atoms with Crippen LogP contribution < -0.4 is 11.4 Å². The molecule has 1 heterocycles. The number of carbonyl (C=O) groups is 1. The summed E-state index contributed by atoms with van der Waals surface area (Å²) in [6.07, 6.45) is 0. The van der Waals surface area contributed by atoms with Gasteiger partial charge in [-0.05, 0) is 24.6 Å². The van der Waals surface area contributed by atoms with Crippen LogP contribution in [0.3, 0.4) is 0 Å². The zero-order chi connectivity index (χ0) is 9.14. The summed E-state index contributed by atoms with van der Waals surface area (Å²) in [5, 5.41) is 0. The van der Waals surface area contributed by atoms with Gasteiger partial charge in [-0.1, -0.05) is 0 Å². The highest BCUT2D eigenvalue weighted by Crippen LogP contribution is 1.97. The lowest BCUT2D eigenvalue weighted by Crippen LogP contribution is -2.28. The number of aromatic nitrogens is 1. The van der Waals surface area contributed by atoms with E-state index in [4.69, 9.17) is 10.6 Å². The summed E-state index contributed by atoms with van der Waals surface area (Å²) in [6, 6.07) is 3.42. The minimum absolute atomic E-state index is 0.364. The van der Waals surface area contributed by atoms with Gasteiger partial charge in [0.15, 0.2) is 7.85 Å². The quantitative estimate of drug-likeness (QED) is 0.335. The number of ether oxygens (including phenoxy) is 1. The third-order valence-corrected chi connectivity index (χ3v) is 1.61. The monoisotopic (exact) mass is 166 g/mol. The minimum Gasteiger partial charge on any atom is -0.461 e. The first-order valence-electron chi connectivity index (χ1n) is 3.77. The summed E-state index contributed by atoms with van der Waals surface area (Å²) in [5.74, 6) is 5.17. The van der Waals surface area contributed by atoms with Crippen LogP contribution >= 0.6 is 0 Å². The predicted molar refractivity (Wildman–Crippen MR) is 48.7 cm³/mol. The SMILES string of the molecule is Bc1ccc(C(=O)OCC)n1N. The molecule has 0 fully saturated rings. The second-order valence-corrected chi connectivity index (χ2v) is 2.45. The number of hydrogen-bond donors (Lipinski definition) is 1. The lowest BCUT2D eigenvalue weighted by atomic mass is 10.1. The molecule has 1 rings (SSSR count). The molecule has 4 nitrogen and oxygen atoms in total. The number of hydrogen-bond acceptors (Lipinski definition) is 3. The Morgan fingerprint density at radius 2 is 2.42 bits per heavy atom. The summed E-state index contributed by atoms with van der Waals surface area (Å²) < 4.78 is 6.10. The minimum atomic E-state index is -0.381. The van der Waals surface area contributed by atoms with Gasteiger partial charge in [-0.2, -0.15) is 0 Å². The van der Waals surface area contributed by atoms with Crippen LogP contribution in [-0.2, 0) is 4.74 Å². The molecular formula is C7H11BN2O2. The maximum absolute atomic E-state index is 11.2. The van der Waals surface area contributed by atoms with Crippen molar-refractivity contribution in [1.29, 1.82) is 0 Å². The summed E-state index contributed by atoms with van der Waals surface area (Å²) in [4.78, 5) is 11.2. The molecule has 5 heteroatoms. The van der Waals surface area contributed by atoms with Gasteiger partial charge in [-0.15, -0.1) is 0 Å². The number of esters is 1. The fourth-order valence-electron chi connectivity index (χ4n) is 0.922. The van der Waals surface area contributed by atoms with E-state index in [2.05, 4.69) is 0 Å². The molecule has 1 aromatic heterocycles. The van der Waals surface area contributed by atoms with Crippen LogP contribution in [0.5, 0.6) is 0 Å². The lowest BCUT2D eigenvalue weighted by Gasteiger charge is -2.03. The summed E-state index contributed by atoms with van der Waals surface area (Å²) in [7, 11) is 1.82. The van der Waals surface area contributed by atoms with Crippen LogP contribution in [0.4, 0.5) is 0 Å². The van der Waals surface area contributed by atoms with Crippen LogP contribution in [-0.4, -0.2) is 25.1 Å². The Bertz CT molecular complexity index is 296. The van der Waals surface area contributed by atoms with Crippen molar-refractivity contribution in [2.75, 3.05) is 12.4 Å². The molecule has 1 aromatic rings. The first kappa shape index (κ1) is 8.71. The van der Waals surface area contributed by atoms with Gasteiger partial charge in [0.25, 0.3) is 0 Å². The molecule has 12 heavy (non-hydrogen) atoms. The molecule has 0 radical (unpaired) electrons. The average molecular weight is 166 g/mol. The average Bonchev–Trinajstić information content (AvgIpc) is 2.34. The number of nitrogens with zero attached hydrogens (tertiary/aromatic N) is 1. The Hall–Kier alpha value is -1.39. The third kappa shape index (κ3) is 1.44. The van der Waals surface area contributed by atoms with Crippen molar-refractivity contribution in [3.05, 3.63) is 17.8 Å². The third-order valence-electron chi connectivity index (χ3n) is 1.61. The molecule has 0 aliphatic carbocycles. The first-order valence-corrected chi connectivity index (χ1v) is 3.77. The second-order valence-electron chi connectivity index (χ2n) is 2.45. The molecule has 0 bridgehead atoms. The molecule has 0 spiro atoms. The fraction of sp³-hybridized carbons (Fsp3) is 0.286. The Kier molecular flexibility index (Phi) is 2.42. The molecule has 2 N–H and O–H groups in total. The highest BCUT2D eigenvalue weighted by molar-refractivity contribution is 6.31. The van der Waals surface area contributed by atoms with Crippen LogP contribution in [0.25, 0.3) is 0 Å². The van der Waals surface area contributed by atoms with E-state index < -0.39 is 0 Å². The number of rotatable bonds is 2. The number of nitrogens with two attached hydrogens (primary N) is 1. The van der Waals surface area contributed by atoms with E-state index in [9.17, 15) is 4.79 Å². The van der Waals surface area contributed by atoms with E-state index in [1.807, 2.05) is 7.85 Å². The molecule has 64 valence electrons. The largest absolute Gasteiger partial charge is 0.461 e. The lowest BCUT2D eigenvalue weighted by molar-refractivity contribution is 0.0516. The summed E-state index contributed by atoms with van der Waals surface area (Å²) >= 11 is 0. The zero-order valence-electron chi connectivity index (χ0n) is 7.20. The van der Waals surface area contributed by atoms with E-state index in [-0.39, 0.29) is 5.97 Å². The van der Waals surface area contributed by atoms with Crippen LogP contribution in [0.1, 0.15) is 17.4 Å². The van der Waals surface area contributed by atoms with Crippen molar-refractivity contribution in [3.8, 4) is 0 Å². The van der Waals surface area contributed by atoms with Gasteiger partial charge in [0.05, 0.1) is 6.61 Å². The van der Waals surface area contributed by atoms with E-state index >= 15 is 0 Å². The van der Waals surface area contributed by atoms with Crippen LogP contribution in [0.2, 0.25) is 0 Å². The first-order chi connectivity index (χ1) is 5.66. The highest BCUT2D eigenvalue weighted by Gasteiger charge is 2.11. The summed E-state index contributed by atoms with van der Waals surface area (Å²) in [6.45, 7) is 2.12. The van der Waals surface area contributed by atoms with E-state index in [1.165, 1.54) is 4.68 Å². The van der Waals surface area contributed by atoms with Gasteiger partial charge >= 0.3 is 5.97 Å².